The van der Waals surface area contributed by atoms with Gasteiger partial charge in [0.15, 0.2) is 11.5 Å². The van der Waals surface area contributed by atoms with E-state index in [2.05, 4.69) is 39.6 Å². The Hall–Kier alpha value is -4.98. The number of carbonyl (C=O) groups is 1. The highest BCUT2D eigenvalue weighted by atomic mass is 16.5. The summed E-state index contributed by atoms with van der Waals surface area (Å²) < 4.78 is 6.48. The average molecular weight is 505 g/mol. The van der Waals surface area contributed by atoms with E-state index in [4.69, 9.17) is 10.1 Å². The molecule has 1 amide bonds. The highest BCUT2D eigenvalue weighted by molar-refractivity contribution is 6.07. The van der Waals surface area contributed by atoms with Crippen molar-refractivity contribution in [2.24, 2.45) is 10.2 Å². The van der Waals surface area contributed by atoms with Gasteiger partial charge in [-0.2, -0.15) is 0 Å². The summed E-state index contributed by atoms with van der Waals surface area (Å²) >= 11 is 0. The molecule has 1 aliphatic rings. The lowest BCUT2D eigenvalue weighted by molar-refractivity contribution is 0.102. The first-order valence-corrected chi connectivity index (χ1v) is 12.5. The van der Waals surface area contributed by atoms with Gasteiger partial charge in [0.1, 0.15) is 17.7 Å². The van der Waals surface area contributed by atoms with Crippen LogP contribution in [0.15, 0.2) is 95.2 Å². The van der Waals surface area contributed by atoms with Gasteiger partial charge in [-0.25, -0.2) is 0 Å². The molecule has 0 spiro atoms. The molecule has 38 heavy (non-hydrogen) atoms. The maximum absolute atomic E-state index is 13.0. The summed E-state index contributed by atoms with van der Waals surface area (Å²) in [6.45, 7) is 5.72. The number of ether oxygens (including phenoxy) is 1. The quantitative estimate of drug-likeness (QED) is 0.113. The predicted octanol–water partition coefficient (Wildman–Crippen LogP) is 7.99. The minimum Gasteiger partial charge on any atom is -0.451 e. The third-order valence-electron chi connectivity index (χ3n) is 6.43. The number of hydrogen-bond donors (Lipinski definition) is 3. The molecular formula is C30H28N6O2. The van der Waals surface area contributed by atoms with Gasteiger partial charge in [0.25, 0.3) is 5.91 Å². The van der Waals surface area contributed by atoms with Crippen molar-refractivity contribution in [2.45, 2.75) is 13.8 Å². The van der Waals surface area contributed by atoms with E-state index in [0.29, 0.717) is 39.8 Å². The van der Waals surface area contributed by atoms with Crippen LogP contribution in [0.3, 0.4) is 0 Å². The Morgan fingerprint density at radius 3 is 2.34 bits per heavy atom. The van der Waals surface area contributed by atoms with E-state index < -0.39 is 0 Å². The Labute approximate surface area is 221 Å². The molecule has 0 atom stereocenters. The Morgan fingerprint density at radius 1 is 0.947 bits per heavy atom. The predicted molar refractivity (Wildman–Crippen MR) is 153 cm³/mol. The van der Waals surface area contributed by atoms with Crippen LogP contribution in [0.5, 0.6) is 11.5 Å². The molecule has 1 heterocycles. The van der Waals surface area contributed by atoms with Gasteiger partial charge in [0.05, 0.1) is 17.1 Å². The number of rotatable bonds is 8. The second kappa shape index (κ2) is 11.0. The molecule has 190 valence electrons. The van der Waals surface area contributed by atoms with Crippen molar-refractivity contribution in [3.05, 3.63) is 90.5 Å². The van der Waals surface area contributed by atoms with Gasteiger partial charge in [0, 0.05) is 24.2 Å². The highest BCUT2D eigenvalue weighted by Crippen LogP contribution is 2.54. The van der Waals surface area contributed by atoms with Gasteiger partial charge in [0.2, 0.25) is 0 Å². The van der Waals surface area contributed by atoms with Crippen LogP contribution in [-0.4, -0.2) is 25.3 Å². The first-order valence-electron chi connectivity index (χ1n) is 12.5. The Morgan fingerprint density at radius 2 is 1.66 bits per heavy atom. The summed E-state index contributed by atoms with van der Waals surface area (Å²) in [5.41, 5.74) is 5.82. The highest BCUT2D eigenvalue weighted by Gasteiger charge is 2.28. The van der Waals surface area contributed by atoms with Crippen LogP contribution in [0.2, 0.25) is 0 Å². The molecule has 8 heteroatoms. The van der Waals surface area contributed by atoms with E-state index in [1.807, 2.05) is 72.8 Å². The maximum atomic E-state index is 13.0. The number of carbonyl (C=O) groups excluding carboxylic acids is 1. The van der Waals surface area contributed by atoms with Crippen LogP contribution >= 0.6 is 0 Å². The first-order chi connectivity index (χ1) is 18.6. The Kier molecular flexibility index (Phi) is 7.13. The van der Waals surface area contributed by atoms with Crippen LogP contribution in [-0.2, 0) is 0 Å². The van der Waals surface area contributed by atoms with Crippen molar-refractivity contribution in [1.29, 1.82) is 5.41 Å². The normalized spacial score (nSPS) is 11.6. The van der Waals surface area contributed by atoms with Crippen molar-refractivity contribution in [1.82, 2.24) is 0 Å². The minimum atomic E-state index is -0.230. The molecule has 1 aliphatic heterocycles. The first kappa shape index (κ1) is 24.7. The lowest BCUT2D eigenvalue weighted by atomic mass is 10.00. The number of benzene rings is 4. The van der Waals surface area contributed by atoms with E-state index >= 15 is 0 Å². The van der Waals surface area contributed by atoms with Crippen molar-refractivity contribution in [2.75, 3.05) is 28.6 Å². The summed E-state index contributed by atoms with van der Waals surface area (Å²) in [6.07, 6.45) is 0.912. The van der Waals surface area contributed by atoms with Crippen LogP contribution in [0.4, 0.5) is 28.4 Å². The molecule has 4 aromatic carbocycles. The second-order valence-electron chi connectivity index (χ2n) is 8.60. The molecule has 0 saturated carbocycles. The fourth-order valence-electron chi connectivity index (χ4n) is 4.56. The van der Waals surface area contributed by atoms with Gasteiger partial charge in [-0.3, -0.25) is 10.2 Å². The minimum absolute atomic E-state index is 0.230. The summed E-state index contributed by atoms with van der Waals surface area (Å²) in [4.78, 5) is 15.2. The molecule has 4 aromatic rings. The fraction of sp³-hybridized carbons (Fsp3) is 0.133. The Balaban J connectivity index is 1.65. The molecule has 0 fully saturated rings. The monoisotopic (exact) mass is 504 g/mol. The zero-order valence-electron chi connectivity index (χ0n) is 21.2. The molecular weight excluding hydrogens is 476 g/mol. The third kappa shape index (κ3) is 4.71. The SMILES string of the molecule is CCN(CC)c1ccc2c(c1N=NC=N)Nc1c(-c3ccccc3)ccc(NC(=O)c3ccccc3)c1O2. The van der Waals surface area contributed by atoms with E-state index in [1.54, 1.807) is 12.1 Å². The Bertz CT molecular complexity index is 1500. The van der Waals surface area contributed by atoms with E-state index in [-0.39, 0.29) is 5.91 Å². The van der Waals surface area contributed by atoms with Gasteiger partial charge in [-0.1, -0.05) is 48.5 Å². The molecule has 0 aromatic heterocycles. The largest absolute Gasteiger partial charge is 0.451 e. The fourth-order valence-corrected chi connectivity index (χ4v) is 4.56. The van der Waals surface area contributed by atoms with Crippen LogP contribution < -0.4 is 20.3 Å². The van der Waals surface area contributed by atoms with Crippen molar-refractivity contribution in [3.63, 3.8) is 0 Å². The summed E-state index contributed by atoms with van der Waals surface area (Å²) in [5, 5.41) is 22.2. The number of hydrogen-bond acceptors (Lipinski definition) is 6. The standard InChI is InChI=1S/C30H28N6O2/c1-3-36(4-2)24-17-18-25-28(27(24)35-32-19-31)34-26-22(20-11-7-5-8-12-20)15-16-23(29(26)38-25)33-30(37)21-13-9-6-10-14-21/h5-19,31,34H,3-4H2,1-2H3,(H,33,37). The zero-order valence-corrected chi connectivity index (χ0v) is 21.2. The average Bonchev–Trinajstić information content (AvgIpc) is 2.97. The molecule has 0 radical (unpaired) electrons. The molecule has 0 unspecified atom stereocenters. The van der Waals surface area contributed by atoms with Gasteiger partial charge in [-0.15, -0.1) is 10.2 Å². The van der Waals surface area contributed by atoms with Gasteiger partial charge < -0.3 is 20.3 Å². The summed E-state index contributed by atoms with van der Waals surface area (Å²) in [7, 11) is 0. The van der Waals surface area contributed by atoms with Crippen molar-refractivity contribution in [3.8, 4) is 22.6 Å². The van der Waals surface area contributed by atoms with Crippen LogP contribution in [0, 0.1) is 5.41 Å². The van der Waals surface area contributed by atoms with Gasteiger partial charge in [-0.05, 0) is 55.8 Å². The smallest absolute Gasteiger partial charge is 0.255 e. The summed E-state index contributed by atoms with van der Waals surface area (Å²) in [5.74, 6) is 0.827. The number of amides is 1. The number of nitrogens with zero attached hydrogens (tertiary/aromatic N) is 3. The third-order valence-corrected chi connectivity index (χ3v) is 6.43. The van der Waals surface area contributed by atoms with Crippen molar-refractivity contribution >= 4 is 40.7 Å². The molecule has 8 nitrogen and oxygen atoms in total. The zero-order chi connectivity index (χ0) is 26.5. The molecule has 0 bridgehead atoms. The van der Waals surface area contributed by atoms with Crippen LogP contribution in [0.25, 0.3) is 11.1 Å². The molecule has 0 aliphatic carbocycles. The van der Waals surface area contributed by atoms with E-state index in [0.717, 1.165) is 36.2 Å². The topological polar surface area (TPSA) is 102 Å². The lowest BCUT2D eigenvalue weighted by Crippen LogP contribution is -2.22. The number of nitrogens with one attached hydrogen (secondary N) is 3. The number of fused-ring (bicyclic) bond motifs is 2. The lowest BCUT2D eigenvalue weighted by Gasteiger charge is -2.30. The maximum Gasteiger partial charge on any atom is 0.255 e. The number of azo groups is 1. The number of anilines is 4. The van der Waals surface area contributed by atoms with Crippen molar-refractivity contribution < 1.29 is 9.53 Å². The summed E-state index contributed by atoms with van der Waals surface area (Å²) in [6, 6.07) is 26.7. The second-order valence-corrected chi connectivity index (χ2v) is 8.60. The molecule has 3 N–H and O–H groups in total. The molecule has 0 saturated heterocycles. The van der Waals surface area contributed by atoms with Crippen LogP contribution in [0.1, 0.15) is 24.2 Å². The van der Waals surface area contributed by atoms with E-state index in [1.165, 1.54) is 0 Å². The van der Waals surface area contributed by atoms with Gasteiger partial charge >= 0.3 is 0 Å². The van der Waals surface area contributed by atoms with E-state index in [9.17, 15) is 4.79 Å². The molecule has 5 rings (SSSR count).